The van der Waals surface area contributed by atoms with Crippen molar-refractivity contribution in [3.8, 4) is 23.0 Å². The van der Waals surface area contributed by atoms with Gasteiger partial charge in [0.25, 0.3) is 0 Å². The van der Waals surface area contributed by atoms with E-state index < -0.39 is 5.97 Å². The first-order chi connectivity index (χ1) is 15.9. The molecule has 5 nitrogen and oxygen atoms in total. The van der Waals surface area contributed by atoms with E-state index in [0.717, 1.165) is 16.9 Å². The van der Waals surface area contributed by atoms with Crippen LogP contribution in [0.2, 0.25) is 5.02 Å². The molecule has 1 N–H and O–H groups in total. The quantitative estimate of drug-likeness (QED) is 0.353. The molecule has 1 aliphatic carbocycles. The van der Waals surface area contributed by atoms with Gasteiger partial charge in [-0.05, 0) is 73.7 Å². The molecule has 1 fully saturated rings. The minimum atomic E-state index is -0.716. The molecule has 0 amide bonds. The van der Waals surface area contributed by atoms with Gasteiger partial charge < -0.3 is 19.3 Å². The maximum atomic E-state index is 11.1. The van der Waals surface area contributed by atoms with Crippen molar-refractivity contribution in [2.75, 3.05) is 6.61 Å². The van der Waals surface area contributed by atoms with E-state index in [1.165, 1.54) is 0 Å². The second-order valence-corrected chi connectivity index (χ2v) is 8.81. The highest BCUT2D eigenvalue weighted by molar-refractivity contribution is 6.30. The normalized spacial score (nSPS) is 17.8. The second-order valence-electron chi connectivity index (χ2n) is 8.38. The lowest BCUT2D eigenvalue weighted by molar-refractivity contribution is -0.138. The number of carboxylic acids is 1. The van der Waals surface area contributed by atoms with Crippen molar-refractivity contribution in [2.45, 2.75) is 38.7 Å². The molecule has 3 aromatic rings. The molecule has 3 unspecified atom stereocenters. The molecule has 172 valence electrons. The van der Waals surface area contributed by atoms with Crippen molar-refractivity contribution in [1.82, 2.24) is 0 Å². The Bertz CT molecular complexity index is 1110. The van der Waals surface area contributed by atoms with Crippen LogP contribution in [-0.4, -0.2) is 23.8 Å². The van der Waals surface area contributed by atoms with Gasteiger partial charge in [0.15, 0.2) is 11.5 Å². The van der Waals surface area contributed by atoms with E-state index in [4.69, 9.17) is 30.9 Å². The monoisotopic (exact) mass is 466 g/mol. The highest BCUT2D eigenvalue weighted by Crippen LogP contribution is 2.49. The molecule has 0 bridgehead atoms. The van der Waals surface area contributed by atoms with Crippen molar-refractivity contribution in [2.24, 2.45) is 5.92 Å². The summed E-state index contributed by atoms with van der Waals surface area (Å²) in [4.78, 5) is 11.1. The van der Waals surface area contributed by atoms with E-state index in [2.05, 4.69) is 0 Å². The summed E-state index contributed by atoms with van der Waals surface area (Å²) in [6.07, 6.45) is 1.29. The SMILES string of the molecule is Cc1cc(OCCC(C)Oc2ccc(Cl)cc2Oc2ccccc2)ccc1C1CC1C(=O)O. The first kappa shape index (κ1) is 23.0. The zero-order valence-corrected chi connectivity index (χ0v) is 19.4. The maximum Gasteiger partial charge on any atom is 0.307 e. The fourth-order valence-corrected chi connectivity index (χ4v) is 4.02. The summed E-state index contributed by atoms with van der Waals surface area (Å²) in [6, 6.07) is 20.7. The van der Waals surface area contributed by atoms with Gasteiger partial charge in [0.05, 0.1) is 18.6 Å². The summed E-state index contributed by atoms with van der Waals surface area (Å²) in [6.45, 7) is 4.47. The van der Waals surface area contributed by atoms with Gasteiger partial charge >= 0.3 is 5.97 Å². The highest BCUT2D eigenvalue weighted by atomic mass is 35.5. The first-order valence-electron chi connectivity index (χ1n) is 11.1. The van der Waals surface area contributed by atoms with Gasteiger partial charge in [0.2, 0.25) is 0 Å². The summed E-state index contributed by atoms with van der Waals surface area (Å²) in [7, 11) is 0. The van der Waals surface area contributed by atoms with Gasteiger partial charge in [0, 0.05) is 17.5 Å². The minimum Gasteiger partial charge on any atom is -0.493 e. The summed E-state index contributed by atoms with van der Waals surface area (Å²) in [5.41, 5.74) is 2.16. The number of para-hydroxylation sites is 1. The number of carboxylic acid groups (broad SMARTS) is 1. The minimum absolute atomic E-state index is 0.104. The van der Waals surface area contributed by atoms with Crippen LogP contribution in [0.3, 0.4) is 0 Å². The topological polar surface area (TPSA) is 65.0 Å². The molecule has 0 heterocycles. The van der Waals surface area contributed by atoms with E-state index in [1.54, 1.807) is 12.1 Å². The lowest BCUT2D eigenvalue weighted by Crippen LogP contribution is -2.16. The Morgan fingerprint density at radius 1 is 1.06 bits per heavy atom. The molecule has 33 heavy (non-hydrogen) atoms. The van der Waals surface area contributed by atoms with Crippen molar-refractivity contribution >= 4 is 17.6 Å². The molecule has 3 atom stereocenters. The number of carbonyl (C=O) groups is 1. The van der Waals surface area contributed by atoms with E-state index >= 15 is 0 Å². The van der Waals surface area contributed by atoms with Gasteiger partial charge in [-0.25, -0.2) is 0 Å². The maximum absolute atomic E-state index is 11.1. The zero-order chi connectivity index (χ0) is 23.4. The second kappa shape index (κ2) is 10.2. The van der Waals surface area contributed by atoms with Gasteiger partial charge in [-0.3, -0.25) is 4.79 Å². The van der Waals surface area contributed by atoms with E-state index in [0.29, 0.717) is 41.7 Å². The fraction of sp³-hybridized carbons (Fsp3) is 0.296. The van der Waals surface area contributed by atoms with Crippen LogP contribution in [0.5, 0.6) is 23.0 Å². The number of ether oxygens (including phenoxy) is 3. The third-order valence-electron chi connectivity index (χ3n) is 5.75. The van der Waals surface area contributed by atoms with E-state index in [9.17, 15) is 4.79 Å². The van der Waals surface area contributed by atoms with Crippen LogP contribution in [0.4, 0.5) is 0 Å². The lowest BCUT2D eigenvalue weighted by atomic mass is 10.0. The van der Waals surface area contributed by atoms with Crippen LogP contribution in [0.15, 0.2) is 66.7 Å². The molecule has 3 aromatic carbocycles. The van der Waals surface area contributed by atoms with Gasteiger partial charge in [-0.2, -0.15) is 0 Å². The molecule has 1 saturated carbocycles. The predicted octanol–water partition coefficient (Wildman–Crippen LogP) is 6.87. The molecular weight excluding hydrogens is 440 g/mol. The van der Waals surface area contributed by atoms with Gasteiger partial charge in [0.1, 0.15) is 11.5 Å². The number of hydrogen-bond donors (Lipinski definition) is 1. The molecular formula is C27H27ClO5. The Morgan fingerprint density at radius 2 is 1.85 bits per heavy atom. The van der Waals surface area contributed by atoms with Crippen molar-refractivity contribution in [3.05, 3.63) is 82.9 Å². The Morgan fingerprint density at radius 3 is 2.55 bits per heavy atom. The summed E-state index contributed by atoms with van der Waals surface area (Å²) in [5.74, 6) is 1.82. The number of aryl methyl sites for hydroxylation is 1. The average Bonchev–Trinajstić information content (AvgIpc) is 3.57. The largest absolute Gasteiger partial charge is 0.493 e. The van der Waals surface area contributed by atoms with Crippen LogP contribution < -0.4 is 14.2 Å². The number of benzene rings is 3. The van der Waals surface area contributed by atoms with Crippen molar-refractivity contribution in [3.63, 3.8) is 0 Å². The Labute approximate surface area is 198 Å². The number of hydrogen-bond acceptors (Lipinski definition) is 4. The van der Waals surface area contributed by atoms with Crippen molar-refractivity contribution in [1.29, 1.82) is 0 Å². The highest BCUT2D eigenvalue weighted by Gasteiger charge is 2.44. The Hall–Kier alpha value is -3.18. The Kier molecular flexibility index (Phi) is 7.09. The molecule has 1 aliphatic rings. The predicted molar refractivity (Wildman–Crippen MR) is 128 cm³/mol. The smallest absolute Gasteiger partial charge is 0.307 e. The first-order valence-corrected chi connectivity index (χ1v) is 11.4. The summed E-state index contributed by atoms with van der Waals surface area (Å²) in [5, 5.41) is 9.73. The van der Waals surface area contributed by atoms with Crippen LogP contribution in [0, 0.1) is 12.8 Å². The number of halogens is 1. The molecule has 0 aliphatic heterocycles. The number of rotatable bonds is 10. The van der Waals surface area contributed by atoms with E-state index in [-0.39, 0.29) is 17.9 Å². The van der Waals surface area contributed by atoms with Gasteiger partial charge in [-0.15, -0.1) is 0 Å². The Balaban J connectivity index is 1.31. The molecule has 6 heteroatoms. The molecule has 0 aromatic heterocycles. The van der Waals surface area contributed by atoms with Crippen LogP contribution in [0.1, 0.15) is 36.8 Å². The third-order valence-corrected chi connectivity index (χ3v) is 5.98. The average molecular weight is 467 g/mol. The van der Waals surface area contributed by atoms with E-state index in [1.807, 2.05) is 68.4 Å². The fourth-order valence-electron chi connectivity index (χ4n) is 3.86. The summed E-state index contributed by atoms with van der Waals surface area (Å²) >= 11 is 6.16. The van der Waals surface area contributed by atoms with Crippen LogP contribution >= 0.6 is 11.6 Å². The third kappa shape index (κ3) is 5.99. The van der Waals surface area contributed by atoms with Crippen LogP contribution in [0.25, 0.3) is 0 Å². The zero-order valence-electron chi connectivity index (χ0n) is 18.7. The molecule has 0 spiro atoms. The molecule has 4 rings (SSSR count). The van der Waals surface area contributed by atoms with Crippen molar-refractivity contribution < 1.29 is 24.1 Å². The molecule has 0 radical (unpaired) electrons. The number of aliphatic carboxylic acids is 1. The molecule has 0 saturated heterocycles. The van der Waals surface area contributed by atoms with Crippen LogP contribution in [-0.2, 0) is 4.79 Å². The lowest BCUT2D eigenvalue weighted by Gasteiger charge is -2.18. The summed E-state index contributed by atoms with van der Waals surface area (Å²) < 4.78 is 18.0. The van der Waals surface area contributed by atoms with Gasteiger partial charge in [-0.1, -0.05) is 35.9 Å². The standard InChI is InChI=1S/C27H27ClO5/c1-17-14-21(9-10-22(17)23-16-24(23)27(29)30)31-13-12-18(2)32-25-11-8-19(28)15-26(25)33-20-6-4-3-5-7-20/h3-11,14-15,18,23-24H,12-13,16H2,1-2H3,(H,29,30).